The maximum absolute atomic E-state index is 13.6. The average molecular weight is 340 g/mol. The lowest BCUT2D eigenvalue weighted by atomic mass is 10.1. The molecule has 0 aliphatic heterocycles. The maximum atomic E-state index is 13.6. The molecular formula is C18H17FN4O2. The highest BCUT2D eigenvalue weighted by atomic mass is 19.1. The van der Waals surface area contributed by atoms with Crippen LogP contribution in [0.1, 0.15) is 11.6 Å². The van der Waals surface area contributed by atoms with E-state index in [0.29, 0.717) is 5.69 Å². The lowest BCUT2D eigenvalue weighted by molar-refractivity contribution is 0.225. The number of nitrogens with one attached hydrogen (secondary N) is 2. The Balaban J connectivity index is 1.78. The molecule has 1 heterocycles. The predicted molar refractivity (Wildman–Crippen MR) is 91.9 cm³/mol. The van der Waals surface area contributed by atoms with Crippen molar-refractivity contribution in [1.29, 1.82) is 0 Å². The summed E-state index contributed by atoms with van der Waals surface area (Å²) in [5.41, 5.74) is 1.57. The number of halogens is 1. The van der Waals surface area contributed by atoms with Crippen LogP contribution in [0.5, 0.6) is 0 Å². The summed E-state index contributed by atoms with van der Waals surface area (Å²) in [6, 6.07) is 13.7. The lowest BCUT2D eigenvalue weighted by Gasteiger charge is -2.18. The maximum Gasteiger partial charge on any atom is 0.319 e. The molecule has 2 amide bonds. The Bertz CT molecular complexity index is 838. The zero-order chi connectivity index (χ0) is 17.6. The van der Waals surface area contributed by atoms with Crippen molar-refractivity contribution in [2.45, 2.75) is 6.04 Å². The third-order valence-electron chi connectivity index (χ3n) is 3.65. The molecule has 0 aliphatic rings. The molecule has 0 fully saturated rings. The van der Waals surface area contributed by atoms with Crippen molar-refractivity contribution in [1.82, 2.24) is 15.1 Å². The van der Waals surface area contributed by atoms with E-state index in [0.717, 1.165) is 5.56 Å². The first-order valence-electron chi connectivity index (χ1n) is 7.70. The fourth-order valence-electron chi connectivity index (χ4n) is 2.46. The topological polar surface area (TPSA) is 79.2 Å². The van der Waals surface area contributed by atoms with Gasteiger partial charge in [0.15, 0.2) is 0 Å². The smallest absolute Gasteiger partial charge is 0.319 e. The minimum atomic E-state index is -0.567. The summed E-state index contributed by atoms with van der Waals surface area (Å²) in [4.78, 5) is 12.3. The van der Waals surface area contributed by atoms with Crippen LogP contribution in [0.25, 0.3) is 5.69 Å². The molecule has 3 rings (SSSR count). The molecular weight excluding hydrogens is 323 g/mol. The van der Waals surface area contributed by atoms with Crippen molar-refractivity contribution < 1.29 is 14.3 Å². The van der Waals surface area contributed by atoms with Crippen LogP contribution in [0.2, 0.25) is 0 Å². The van der Waals surface area contributed by atoms with Gasteiger partial charge in [-0.1, -0.05) is 30.3 Å². The van der Waals surface area contributed by atoms with Gasteiger partial charge >= 0.3 is 6.03 Å². The number of aliphatic hydroxyl groups excluding tert-OH is 1. The second kappa shape index (κ2) is 7.59. The number of benzene rings is 2. The number of hydrogen-bond acceptors (Lipinski definition) is 3. The molecule has 128 valence electrons. The number of hydrogen-bond donors (Lipinski definition) is 3. The SMILES string of the molecule is O=C(Nc1cc(F)ccc1-n1cccn1)N[C@H](CO)c1ccccc1. The Morgan fingerprint density at radius 1 is 1.20 bits per heavy atom. The zero-order valence-electron chi connectivity index (χ0n) is 13.3. The van der Waals surface area contributed by atoms with Crippen LogP contribution in [-0.4, -0.2) is 27.5 Å². The van der Waals surface area contributed by atoms with Crippen LogP contribution in [0, 0.1) is 5.82 Å². The number of amides is 2. The lowest BCUT2D eigenvalue weighted by Crippen LogP contribution is -2.34. The van der Waals surface area contributed by atoms with E-state index < -0.39 is 17.9 Å². The zero-order valence-corrected chi connectivity index (χ0v) is 13.3. The van der Waals surface area contributed by atoms with Crippen molar-refractivity contribution in [3.8, 4) is 5.69 Å². The van der Waals surface area contributed by atoms with Crippen molar-refractivity contribution in [2.75, 3.05) is 11.9 Å². The molecule has 1 aromatic heterocycles. The Kier molecular flexibility index (Phi) is 5.06. The number of anilines is 1. The Labute approximate surface area is 143 Å². The summed E-state index contributed by atoms with van der Waals surface area (Å²) >= 11 is 0. The normalized spacial score (nSPS) is 11.8. The number of aromatic nitrogens is 2. The van der Waals surface area contributed by atoms with Crippen molar-refractivity contribution >= 4 is 11.7 Å². The molecule has 0 radical (unpaired) electrons. The number of carbonyl (C=O) groups excluding carboxylic acids is 1. The van der Waals surface area contributed by atoms with Crippen molar-refractivity contribution in [3.63, 3.8) is 0 Å². The second-order valence-electron chi connectivity index (χ2n) is 5.36. The minimum absolute atomic E-state index is 0.257. The number of carbonyl (C=O) groups is 1. The minimum Gasteiger partial charge on any atom is -0.394 e. The molecule has 0 aliphatic carbocycles. The highest BCUT2D eigenvalue weighted by Crippen LogP contribution is 2.21. The Morgan fingerprint density at radius 3 is 2.68 bits per heavy atom. The van der Waals surface area contributed by atoms with E-state index in [4.69, 9.17) is 0 Å². The van der Waals surface area contributed by atoms with Gasteiger partial charge in [-0.2, -0.15) is 5.10 Å². The van der Waals surface area contributed by atoms with Crippen LogP contribution in [0.15, 0.2) is 67.0 Å². The van der Waals surface area contributed by atoms with E-state index >= 15 is 0 Å². The van der Waals surface area contributed by atoms with Crippen LogP contribution in [-0.2, 0) is 0 Å². The van der Waals surface area contributed by atoms with E-state index in [2.05, 4.69) is 15.7 Å². The first kappa shape index (κ1) is 16.7. The van der Waals surface area contributed by atoms with Crippen LogP contribution >= 0.6 is 0 Å². The van der Waals surface area contributed by atoms with Gasteiger partial charge in [-0.3, -0.25) is 0 Å². The summed E-state index contributed by atoms with van der Waals surface area (Å²) in [7, 11) is 0. The fraction of sp³-hybridized carbons (Fsp3) is 0.111. The Hall–Kier alpha value is -3.19. The van der Waals surface area contributed by atoms with E-state index in [9.17, 15) is 14.3 Å². The van der Waals surface area contributed by atoms with Crippen LogP contribution in [0.3, 0.4) is 0 Å². The molecule has 0 saturated heterocycles. The van der Waals surface area contributed by atoms with Gasteiger partial charge in [-0.25, -0.2) is 13.9 Å². The van der Waals surface area contributed by atoms with Gasteiger partial charge in [0.2, 0.25) is 0 Å². The van der Waals surface area contributed by atoms with Gasteiger partial charge in [0, 0.05) is 12.4 Å². The molecule has 3 aromatic rings. The summed E-state index contributed by atoms with van der Waals surface area (Å²) in [6.07, 6.45) is 3.28. The molecule has 6 nitrogen and oxygen atoms in total. The molecule has 2 aromatic carbocycles. The van der Waals surface area contributed by atoms with Gasteiger partial charge in [0.05, 0.1) is 24.0 Å². The third-order valence-corrected chi connectivity index (χ3v) is 3.65. The number of nitrogens with zero attached hydrogens (tertiary/aromatic N) is 2. The van der Waals surface area contributed by atoms with E-state index in [1.807, 2.05) is 18.2 Å². The molecule has 0 saturated carbocycles. The summed E-state index contributed by atoms with van der Waals surface area (Å²) < 4.78 is 15.1. The van der Waals surface area contributed by atoms with E-state index in [1.54, 1.807) is 30.6 Å². The number of urea groups is 1. The van der Waals surface area contributed by atoms with Gasteiger partial charge in [-0.15, -0.1) is 0 Å². The highest BCUT2D eigenvalue weighted by molar-refractivity contribution is 5.91. The monoisotopic (exact) mass is 340 g/mol. The number of aliphatic hydroxyl groups is 1. The first-order chi connectivity index (χ1) is 12.2. The fourth-order valence-corrected chi connectivity index (χ4v) is 2.46. The van der Waals surface area contributed by atoms with Gasteiger partial charge < -0.3 is 15.7 Å². The molecule has 3 N–H and O–H groups in total. The summed E-state index contributed by atoms with van der Waals surface area (Å²) in [6.45, 7) is -0.257. The molecule has 7 heteroatoms. The first-order valence-corrected chi connectivity index (χ1v) is 7.70. The van der Waals surface area contributed by atoms with Gasteiger partial charge in [-0.05, 0) is 29.8 Å². The molecule has 0 bridgehead atoms. The third kappa shape index (κ3) is 4.02. The molecule has 1 atom stereocenters. The Morgan fingerprint density at radius 2 is 2.00 bits per heavy atom. The molecule has 25 heavy (non-hydrogen) atoms. The van der Waals surface area contributed by atoms with Gasteiger partial charge in [0.25, 0.3) is 0 Å². The van der Waals surface area contributed by atoms with Crippen molar-refractivity contribution in [3.05, 3.63) is 78.4 Å². The predicted octanol–water partition coefficient (Wildman–Crippen LogP) is 2.87. The largest absolute Gasteiger partial charge is 0.394 e. The van der Waals surface area contributed by atoms with Gasteiger partial charge in [0.1, 0.15) is 5.82 Å². The van der Waals surface area contributed by atoms with Crippen LogP contribution in [0.4, 0.5) is 14.9 Å². The average Bonchev–Trinajstić information content (AvgIpc) is 3.15. The quantitative estimate of drug-likeness (QED) is 0.668. The standard InChI is InChI=1S/C18H17FN4O2/c19-14-7-8-17(23-10-4-9-20-23)15(11-14)21-18(25)22-16(12-24)13-5-2-1-3-6-13/h1-11,16,24H,12H2,(H2,21,22,25)/t16-/m1/s1. The highest BCUT2D eigenvalue weighted by Gasteiger charge is 2.15. The molecule has 0 unspecified atom stereocenters. The second-order valence-corrected chi connectivity index (χ2v) is 5.36. The van der Waals surface area contributed by atoms with E-state index in [-0.39, 0.29) is 12.3 Å². The van der Waals surface area contributed by atoms with Crippen molar-refractivity contribution in [2.24, 2.45) is 0 Å². The summed E-state index contributed by atoms with van der Waals surface area (Å²) in [5, 5.41) is 18.9. The van der Waals surface area contributed by atoms with E-state index in [1.165, 1.54) is 22.9 Å². The summed E-state index contributed by atoms with van der Waals surface area (Å²) in [5.74, 6) is -0.479. The van der Waals surface area contributed by atoms with Crippen LogP contribution < -0.4 is 10.6 Å². The molecule has 0 spiro atoms. The number of rotatable bonds is 5.